The van der Waals surface area contributed by atoms with E-state index >= 15 is 0 Å². The number of ether oxygens (including phenoxy) is 1. The molecule has 0 aliphatic carbocycles. The van der Waals surface area contributed by atoms with Crippen molar-refractivity contribution in [1.82, 2.24) is 5.32 Å². The van der Waals surface area contributed by atoms with Crippen LogP contribution in [0.25, 0.3) is 0 Å². The smallest absolute Gasteiger partial charge is 0.0978 e. The van der Waals surface area contributed by atoms with E-state index in [-0.39, 0.29) is 6.10 Å². The van der Waals surface area contributed by atoms with Crippen LogP contribution in [0.2, 0.25) is 0 Å². The lowest BCUT2D eigenvalue weighted by Crippen LogP contribution is -2.31. The van der Waals surface area contributed by atoms with Gasteiger partial charge in [-0.15, -0.1) is 0 Å². The summed E-state index contributed by atoms with van der Waals surface area (Å²) in [7, 11) is 0. The normalized spacial score (nSPS) is 23.3. The largest absolute Gasteiger partial charge is 0.372 e. The van der Waals surface area contributed by atoms with Gasteiger partial charge in [0.25, 0.3) is 0 Å². The highest BCUT2D eigenvalue weighted by Gasteiger charge is 2.28. The zero-order valence-corrected chi connectivity index (χ0v) is 11.0. The monoisotopic (exact) mass is 259 g/mol. The first-order valence-corrected chi connectivity index (χ1v) is 7.29. The number of rotatable bonds is 4. The fraction of sp³-hybridized carbons (Fsp3) is 0.333. The van der Waals surface area contributed by atoms with Crippen LogP contribution in [0.4, 0.5) is 0 Å². The fourth-order valence-electron chi connectivity index (χ4n) is 2.41. The predicted octanol–water partition coefficient (Wildman–Crippen LogP) is 3.37. The van der Waals surface area contributed by atoms with Crippen LogP contribution >= 0.6 is 11.3 Å². The van der Waals surface area contributed by atoms with E-state index in [0.717, 1.165) is 19.6 Å². The SMILES string of the molecule is c1ccc(C2OCCC2NCc2ccsc2)cc1. The van der Waals surface area contributed by atoms with Crippen molar-refractivity contribution >= 4 is 11.3 Å². The Morgan fingerprint density at radius 3 is 2.89 bits per heavy atom. The first-order chi connectivity index (χ1) is 8.93. The van der Waals surface area contributed by atoms with Crippen molar-refractivity contribution in [2.45, 2.75) is 25.1 Å². The van der Waals surface area contributed by atoms with E-state index in [9.17, 15) is 0 Å². The minimum absolute atomic E-state index is 0.199. The average molecular weight is 259 g/mol. The van der Waals surface area contributed by atoms with Gasteiger partial charge in [-0.2, -0.15) is 11.3 Å². The van der Waals surface area contributed by atoms with Crippen LogP contribution in [-0.2, 0) is 11.3 Å². The second-order valence-electron chi connectivity index (χ2n) is 4.61. The Morgan fingerprint density at radius 2 is 2.11 bits per heavy atom. The maximum absolute atomic E-state index is 5.86. The molecule has 0 amide bonds. The molecule has 0 bridgehead atoms. The maximum atomic E-state index is 5.86. The molecule has 0 spiro atoms. The molecule has 18 heavy (non-hydrogen) atoms. The van der Waals surface area contributed by atoms with Crippen molar-refractivity contribution in [1.29, 1.82) is 0 Å². The summed E-state index contributed by atoms with van der Waals surface area (Å²) in [4.78, 5) is 0. The average Bonchev–Trinajstić information content (AvgIpc) is 3.09. The summed E-state index contributed by atoms with van der Waals surface area (Å²) in [6, 6.07) is 13.1. The van der Waals surface area contributed by atoms with E-state index in [0.29, 0.717) is 6.04 Å². The summed E-state index contributed by atoms with van der Waals surface area (Å²) in [5.41, 5.74) is 2.64. The highest BCUT2D eigenvalue weighted by atomic mass is 32.1. The summed E-state index contributed by atoms with van der Waals surface area (Å²) in [5.74, 6) is 0. The van der Waals surface area contributed by atoms with Crippen LogP contribution < -0.4 is 5.32 Å². The number of hydrogen-bond acceptors (Lipinski definition) is 3. The molecule has 2 atom stereocenters. The van der Waals surface area contributed by atoms with Gasteiger partial charge < -0.3 is 10.1 Å². The van der Waals surface area contributed by atoms with Crippen LogP contribution in [0.5, 0.6) is 0 Å². The second kappa shape index (κ2) is 5.65. The van der Waals surface area contributed by atoms with Crippen LogP contribution in [0, 0.1) is 0 Å². The van der Waals surface area contributed by atoms with Gasteiger partial charge in [0, 0.05) is 19.2 Å². The topological polar surface area (TPSA) is 21.3 Å². The summed E-state index contributed by atoms with van der Waals surface area (Å²) in [6.45, 7) is 1.78. The zero-order valence-electron chi connectivity index (χ0n) is 10.2. The molecule has 1 aromatic carbocycles. The summed E-state index contributed by atoms with van der Waals surface area (Å²) < 4.78 is 5.86. The summed E-state index contributed by atoms with van der Waals surface area (Å²) in [6.07, 6.45) is 1.29. The van der Waals surface area contributed by atoms with E-state index in [1.54, 1.807) is 11.3 Å². The molecule has 3 rings (SSSR count). The summed E-state index contributed by atoms with van der Waals surface area (Å²) >= 11 is 1.75. The molecular weight excluding hydrogens is 242 g/mol. The molecule has 2 aromatic rings. The van der Waals surface area contributed by atoms with Gasteiger partial charge in [-0.3, -0.25) is 0 Å². The van der Waals surface area contributed by atoms with Gasteiger partial charge >= 0.3 is 0 Å². The molecule has 1 fully saturated rings. The minimum Gasteiger partial charge on any atom is -0.372 e. The Balaban J connectivity index is 1.65. The molecular formula is C15H17NOS. The van der Waals surface area contributed by atoms with Gasteiger partial charge in [-0.05, 0) is 34.4 Å². The predicted molar refractivity (Wildman–Crippen MR) is 74.7 cm³/mol. The van der Waals surface area contributed by atoms with Crippen LogP contribution in [0.1, 0.15) is 23.7 Å². The van der Waals surface area contributed by atoms with Gasteiger partial charge in [0.15, 0.2) is 0 Å². The van der Waals surface area contributed by atoms with E-state index in [4.69, 9.17) is 4.74 Å². The summed E-state index contributed by atoms with van der Waals surface area (Å²) in [5, 5.41) is 7.93. The molecule has 2 heterocycles. The number of nitrogens with one attached hydrogen (secondary N) is 1. The molecule has 1 saturated heterocycles. The third kappa shape index (κ3) is 2.64. The molecule has 0 radical (unpaired) electrons. The van der Waals surface area contributed by atoms with E-state index < -0.39 is 0 Å². The van der Waals surface area contributed by atoms with Crippen molar-refractivity contribution in [2.75, 3.05) is 6.61 Å². The Bertz CT molecular complexity index is 469. The highest BCUT2D eigenvalue weighted by Crippen LogP contribution is 2.29. The molecule has 2 nitrogen and oxygen atoms in total. The molecule has 0 saturated carbocycles. The van der Waals surface area contributed by atoms with E-state index in [2.05, 4.69) is 46.4 Å². The Kier molecular flexibility index (Phi) is 3.74. The van der Waals surface area contributed by atoms with Crippen LogP contribution in [0.15, 0.2) is 47.2 Å². The van der Waals surface area contributed by atoms with Crippen molar-refractivity contribution in [3.8, 4) is 0 Å². The lowest BCUT2D eigenvalue weighted by molar-refractivity contribution is 0.0985. The van der Waals surface area contributed by atoms with Gasteiger partial charge in [-0.1, -0.05) is 30.3 Å². The molecule has 3 heteroatoms. The standard InChI is InChI=1S/C15H17NOS/c1-2-4-13(5-3-1)15-14(6-8-17-15)16-10-12-7-9-18-11-12/h1-5,7,9,11,14-16H,6,8,10H2. The molecule has 1 aromatic heterocycles. The van der Waals surface area contributed by atoms with Crippen molar-refractivity contribution in [3.05, 3.63) is 58.3 Å². The van der Waals surface area contributed by atoms with Crippen LogP contribution in [-0.4, -0.2) is 12.6 Å². The maximum Gasteiger partial charge on any atom is 0.0978 e. The molecule has 1 aliphatic heterocycles. The Morgan fingerprint density at radius 1 is 1.22 bits per heavy atom. The third-order valence-corrected chi connectivity index (χ3v) is 4.10. The lowest BCUT2D eigenvalue weighted by Gasteiger charge is -2.20. The van der Waals surface area contributed by atoms with E-state index in [1.165, 1.54) is 11.1 Å². The van der Waals surface area contributed by atoms with Crippen molar-refractivity contribution < 1.29 is 4.74 Å². The fourth-order valence-corrected chi connectivity index (χ4v) is 3.08. The molecule has 1 aliphatic rings. The van der Waals surface area contributed by atoms with Gasteiger partial charge in [0.05, 0.1) is 6.10 Å². The first-order valence-electron chi connectivity index (χ1n) is 6.34. The zero-order chi connectivity index (χ0) is 12.2. The van der Waals surface area contributed by atoms with Crippen molar-refractivity contribution in [3.63, 3.8) is 0 Å². The molecule has 94 valence electrons. The molecule has 2 unspecified atom stereocenters. The number of benzene rings is 1. The third-order valence-electron chi connectivity index (χ3n) is 3.37. The van der Waals surface area contributed by atoms with Gasteiger partial charge in [-0.25, -0.2) is 0 Å². The van der Waals surface area contributed by atoms with Gasteiger partial charge in [0.2, 0.25) is 0 Å². The van der Waals surface area contributed by atoms with Crippen molar-refractivity contribution in [2.24, 2.45) is 0 Å². The first kappa shape index (κ1) is 11.9. The van der Waals surface area contributed by atoms with Gasteiger partial charge in [0.1, 0.15) is 0 Å². The Labute approximate surface area is 112 Å². The lowest BCUT2D eigenvalue weighted by atomic mass is 10.0. The second-order valence-corrected chi connectivity index (χ2v) is 5.39. The minimum atomic E-state index is 0.199. The van der Waals surface area contributed by atoms with E-state index in [1.807, 2.05) is 6.07 Å². The Hall–Kier alpha value is -1.16. The number of hydrogen-bond donors (Lipinski definition) is 1. The molecule has 1 N–H and O–H groups in total. The van der Waals surface area contributed by atoms with Crippen LogP contribution in [0.3, 0.4) is 0 Å². The quantitative estimate of drug-likeness (QED) is 0.909. The number of thiophene rings is 1. The highest BCUT2D eigenvalue weighted by molar-refractivity contribution is 7.07.